The second-order valence-electron chi connectivity index (χ2n) is 4.40. The first kappa shape index (κ1) is 10.3. The molecule has 2 rings (SSSR count). The summed E-state index contributed by atoms with van der Waals surface area (Å²) in [5, 5.41) is 0. The van der Waals surface area contributed by atoms with Gasteiger partial charge in [-0.3, -0.25) is 0 Å². The first-order valence-corrected chi connectivity index (χ1v) is 5.67. The highest BCUT2D eigenvalue weighted by atomic mass is 16.5. The van der Waals surface area contributed by atoms with Crippen molar-refractivity contribution in [2.24, 2.45) is 5.92 Å². The average molecular weight is 202 g/mol. The first-order chi connectivity index (χ1) is 7.29. The molecule has 1 fully saturated rings. The number of hydrogen-bond acceptors (Lipinski definition) is 1. The number of para-hydroxylation sites is 1. The molecule has 0 spiro atoms. The predicted molar refractivity (Wildman–Crippen MR) is 64.0 cm³/mol. The van der Waals surface area contributed by atoms with Gasteiger partial charge in [0.1, 0.15) is 5.75 Å². The highest BCUT2D eigenvalue weighted by molar-refractivity contribution is 5.55. The van der Waals surface area contributed by atoms with Crippen LogP contribution in [-0.2, 0) is 0 Å². The lowest BCUT2D eigenvalue weighted by Crippen LogP contribution is -2.12. The average Bonchev–Trinajstić information content (AvgIpc) is 2.65. The summed E-state index contributed by atoms with van der Waals surface area (Å²) in [6.45, 7) is 6.10. The van der Waals surface area contributed by atoms with Crippen LogP contribution in [-0.4, -0.2) is 6.10 Å². The molecule has 1 saturated carbocycles. The van der Waals surface area contributed by atoms with E-state index in [1.54, 1.807) is 0 Å². The minimum Gasteiger partial charge on any atom is -0.490 e. The van der Waals surface area contributed by atoms with E-state index in [0.717, 1.165) is 17.2 Å². The van der Waals surface area contributed by atoms with Gasteiger partial charge in [0.25, 0.3) is 0 Å². The molecule has 1 nitrogen and oxygen atoms in total. The lowest BCUT2D eigenvalue weighted by Gasteiger charge is -2.15. The Morgan fingerprint density at radius 2 is 2.13 bits per heavy atom. The third-order valence-corrected chi connectivity index (χ3v) is 3.08. The molecule has 2 atom stereocenters. The van der Waals surface area contributed by atoms with Gasteiger partial charge in [0, 0.05) is 5.56 Å². The van der Waals surface area contributed by atoms with Crippen LogP contribution in [0.25, 0.3) is 6.08 Å². The smallest absolute Gasteiger partial charge is 0.126 e. The van der Waals surface area contributed by atoms with E-state index in [1.807, 2.05) is 30.3 Å². The minimum atomic E-state index is 0.404. The summed E-state index contributed by atoms with van der Waals surface area (Å²) in [4.78, 5) is 0. The van der Waals surface area contributed by atoms with E-state index >= 15 is 0 Å². The van der Waals surface area contributed by atoms with E-state index in [9.17, 15) is 0 Å². The molecule has 15 heavy (non-hydrogen) atoms. The van der Waals surface area contributed by atoms with Crippen LogP contribution in [0, 0.1) is 5.92 Å². The fourth-order valence-corrected chi connectivity index (χ4v) is 2.20. The quantitative estimate of drug-likeness (QED) is 0.722. The third kappa shape index (κ3) is 2.41. The van der Waals surface area contributed by atoms with Crippen molar-refractivity contribution in [2.45, 2.75) is 32.3 Å². The van der Waals surface area contributed by atoms with Gasteiger partial charge in [-0.05, 0) is 31.2 Å². The van der Waals surface area contributed by atoms with E-state index in [4.69, 9.17) is 4.74 Å². The molecule has 1 aromatic carbocycles. The highest BCUT2D eigenvalue weighted by Crippen LogP contribution is 2.30. The molecule has 0 saturated heterocycles. The second kappa shape index (κ2) is 4.52. The molecule has 0 heterocycles. The third-order valence-electron chi connectivity index (χ3n) is 3.08. The van der Waals surface area contributed by atoms with Crippen molar-refractivity contribution in [3.8, 4) is 5.75 Å². The molecule has 0 bridgehead atoms. The predicted octanol–water partition coefficient (Wildman–Crippen LogP) is 3.90. The van der Waals surface area contributed by atoms with Crippen LogP contribution >= 0.6 is 0 Å². The van der Waals surface area contributed by atoms with Crippen molar-refractivity contribution in [1.29, 1.82) is 0 Å². The Hall–Kier alpha value is -1.24. The molecule has 0 aromatic heterocycles. The molecule has 1 aliphatic carbocycles. The van der Waals surface area contributed by atoms with Gasteiger partial charge in [-0.15, -0.1) is 0 Å². The largest absolute Gasteiger partial charge is 0.490 e. The van der Waals surface area contributed by atoms with Gasteiger partial charge < -0.3 is 4.74 Å². The molecule has 1 aliphatic rings. The lowest BCUT2D eigenvalue weighted by molar-refractivity contribution is 0.205. The molecule has 80 valence electrons. The van der Waals surface area contributed by atoms with Crippen molar-refractivity contribution >= 4 is 6.08 Å². The number of benzene rings is 1. The summed E-state index contributed by atoms with van der Waals surface area (Å²) in [6.07, 6.45) is 5.92. The van der Waals surface area contributed by atoms with Crippen LogP contribution < -0.4 is 4.74 Å². The van der Waals surface area contributed by atoms with Crippen molar-refractivity contribution in [3.05, 3.63) is 36.4 Å². The molecular weight excluding hydrogens is 184 g/mol. The Bertz CT molecular complexity index is 343. The van der Waals surface area contributed by atoms with Gasteiger partial charge in [-0.2, -0.15) is 0 Å². The van der Waals surface area contributed by atoms with Gasteiger partial charge >= 0.3 is 0 Å². The maximum atomic E-state index is 6.00. The molecule has 1 aromatic rings. The van der Waals surface area contributed by atoms with Crippen LogP contribution in [0.3, 0.4) is 0 Å². The molecule has 1 heteroatoms. The maximum absolute atomic E-state index is 6.00. The Kier molecular flexibility index (Phi) is 3.10. The Morgan fingerprint density at radius 1 is 1.33 bits per heavy atom. The van der Waals surface area contributed by atoms with Crippen LogP contribution in [0.2, 0.25) is 0 Å². The molecule has 0 radical (unpaired) electrons. The van der Waals surface area contributed by atoms with E-state index in [2.05, 4.69) is 13.5 Å². The van der Waals surface area contributed by atoms with Gasteiger partial charge in [-0.1, -0.05) is 37.8 Å². The Balaban J connectivity index is 2.07. The van der Waals surface area contributed by atoms with E-state index < -0.39 is 0 Å². The zero-order valence-corrected chi connectivity index (χ0v) is 9.28. The summed E-state index contributed by atoms with van der Waals surface area (Å²) in [5.74, 6) is 1.79. The maximum Gasteiger partial charge on any atom is 0.126 e. The topological polar surface area (TPSA) is 9.23 Å². The summed E-state index contributed by atoms with van der Waals surface area (Å²) < 4.78 is 6.00. The standard InChI is InChI=1S/C14H18O/c1-3-12-6-4-5-7-14(12)15-13-9-8-11(2)10-13/h3-7,11,13H,1,8-10H2,2H3. The molecule has 0 amide bonds. The number of hydrogen-bond donors (Lipinski definition) is 0. The number of rotatable bonds is 3. The summed E-state index contributed by atoms with van der Waals surface area (Å²) >= 11 is 0. The van der Waals surface area contributed by atoms with E-state index in [1.165, 1.54) is 19.3 Å². The van der Waals surface area contributed by atoms with Gasteiger partial charge in [0.15, 0.2) is 0 Å². The van der Waals surface area contributed by atoms with Crippen molar-refractivity contribution in [2.75, 3.05) is 0 Å². The first-order valence-electron chi connectivity index (χ1n) is 5.67. The number of ether oxygens (including phenoxy) is 1. The van der Waals surface area contributed by atoms with Crippen molar-refractivity contribution < 1.29 is 4.74 Å². The molecule has 2 unspecified atom stereocenters. The molecular formula is C14H18O. The van der Waals surface area contributed by atoms with E-state index in [0.29, 0.717) is 6.10 Å². The Morgan fingerprint density at radius 3 is 2.80 bits per heavy atom. The van der Waals surface area contributed by atoms with Gasteiger partial charge in [0.05, 0.1) is 6.10 Å². The summed E-state index contributed by atoms with van der Waals surface area (Å²) in [5.41, 5.74) is 1.09. The van der Waals surface area contributed by atoms with Crippen molar-refractivity contribution in [3.63, 3.8) is 0 Å². The zero-order valence-electron chi connectivity index (χ0n) is 9.28. The van der Waals surface area contributed by atoms with Crippen molar-refractivity contribution in [1.82, 2.24) is 0 Å². The highest BCUT2D eigenvalue weighted by Gasteiger charge is 2.23. The van der Waals surface area contributed by atoms with Crippen LogP contribution in [0.4, 0.5) is 0 Å². The summed E-state index contributed by atoms with van der Waals surface area (Å²) in [7, 11) is 0. The Labute approximate surface area is 91.8 Å². The SMILES string of the molecule is C=Cc1ccccc1OC1CCC(C)C1. The monoisotopic (exact) mass is 202 g/mol. The zero-order chi connectivity index (χ0) is 10.7. The van der Waals surface area contributed by atoms with Crippen LogP contribution in [0.15, 0.2) is 30.8 Å². The second-order valence-corrected chi connectivity index (χ2v) is 4.40. The summed E-state index contributed by atoms with van der Waals surface area (Å²) in [6, 6.07) is 8.10. The van der Waals surface area contributed by atoms with Crippen LogP contribution in [0.5, 0.6) is 5.75 Å². The van der Waals surface area contributed by atoms with Gasteiger partial charge in [0.2, 0.25) is 0 Å². The minimum absolute atomic E-state index is 0.404. The van der Waals surface area contributed by atoms with E-state index in [-0.39, 0.29) is 0 Å². The van der Waals surface area contributed by atoms with Crippen LogP contribution in [0.1, 0.15) is 31.7 Å². The fourth-order valence-electron chi connectivity index (χ4n) is 2.20. The molecule has 0 N–H and O–H groups in total. The fraction of sp³-hybridized carbons (Fsp3) is 0.429. The van der Waals surface area contributed by atoms with Gasteiger partial charge in [-0.25, -0.2) is 0 Å². The molecule has 0 aliphatic heterocycles. The normalized spacial score (nSPS) is 25.1. The lowest BCUT2D eigenvalue weighted by atomic mass is 10.1.